The van der Waals surface area contributed by atoms with Gasteiger partial charge in [-0.05, 0) is 18.6 Å². The third kappa shape index (κ3) is 6.16. The number of carbonyl (C=O) groups is 1. The van der Waals surface area contributed by atoms with Crippen molar-refractivity contribution in [3.05, 3.63) is 24.3 Å². The molecule has 0 aliphatic carbocycles. The van der Waals surface area contributed by atoms with Crippen molar-refractivity contribution in [2.75, 3.05) is 11.9 Å². The molecule has 0 fully saturated rings. The lowest BCUT2D eigenvalue weighted by Gasteiger charge is -2.14. The Morgan fingerprint density at radius 3 is 2.65 bits per heavy atom. The summed E-state index contributed by atoms with van der Waals surface area (Å²) in [5.41, 5.74) is 6.02. The SMILES string of the molecule is CCCC(N)C(=O)Nc1ccccc1OCC(F)F.Cl. The summed E-state index contributed by atoms with van der Waals surface area (Å²) in [7, 11) is 0. The third-order valence-corrected chi connectivity index (χ3v) is 2.45. The Morgan fingerprint density at radius 2 is 2.05 bits per heavy atom. The minimum absolute atomic E-state index is 0. The molecule has 114 valence electrons. The average molecular weight is 309 g/mol. The van der Waals surface area contributed by atoms with E-state index in [0.717, 1.165) is 6.42 Å². The monoisotopic (exact) mass is 308 g/mol. The lowest BCUT2D eigenvalue weighted by molar-refractivity contribution is -0.117. The maximum absolute atomic E-state index is 12.1. The molecule has 0 aliphatic rings. The predicted molar refractivity (Wildman–Crippen MR) is 76.7 cm³/mol. The van der Waals surface area contributed by atoms with Crippen LogP contribution >= 0.6 is 12.4 Å². The quantitative estimate of drug-likeness (QED) is 0.814. The van der Waals surface area contributed by atoms with E-state index in [0.29, 0.717) is 12.1 Å². The molecule has 1 aromatic carbocycles. The van der Waals surface area contributed by atoms with Gasteiger partial charge in [0.25, 0.3) is 6.43 Å². The van der Waals surface area contributed by atoms with Gasteiger partial charge in [0.2, 0.25) is 5.91 Å². The molecule has 1 atom stereocenters. The Hall–Kier alpha value is -1.40. The molecule has 20 heavy (non-hydrogen) atoms. The van der Waals surface area contributed by atoms with Crippen molar-refractivity contribution in [2.24, 2.45) is 5.73 Å². The first kappa shape index (κ1) is 18.6. The zero-order valence-corrected chi connectivity index (χ0v) is 12.0. The van der Waals surface area contributed by atoms with Crippen LogP contribution in [0.25, 0.3) is 0 Å². The molecular weight excluding hydrogens is 290 g/mol. The number of hydrogen-bond donors (Lipinski definition) is 2. The van der Waals surface area contributed by atoms with E-state index in [2.05, 4.69) is 5.32 Å². The second kappa shape index (κ2) is 9.50. The van der Waals surface area contributed by atoms with Crippen LogP contribution < -0.4 is 15.8 Å². The molecule has 0 saturated carbocycles. The molecule has 0 saturated heterocycles. The van der Waals surface area contributed by atoms with Gasteiger partial charge in [0.15, 0.2) is 0 Å². The molecule has 4 nitrogen and oxygen atoms in total. The molecule has 0 aliphatic heterocycles. The highest BCUT2D eigenvalue weighted by Gasteiger charge is 2.15. The van der Waals surface area contributed by atoms with Gasteiger partial charge in [-0.25, -0.2) is 8.78 Å². The van der Waals surface area contributed by atoms with Crippen molar-refractivity contribution in [3.63, 3.8) is 0 Å². The van der Waals surface area contributed by atoms with E-state index in [1.165, 1.54) is 6.07 Å². The minimum Gasteiger partial charge on any atom is -0.485 e. The summed E-state index contributed by atoms with van der Waals surface area (Å²) in [6, 6.07) is 5.80. The molecule has 1 unspecified atom stereocenters. The second-order valence-corrected chi connectivity index (χ2v) is 4.08. The van der Waals surface area contributed by atoms with Crippen molar-refractivity contribution >= 4 is 24.0 Å². The van der Waals surface area contributed by atoms with Crippen molar-refractivity contribution in [1.82, 2.24) is 0 Å². The first-order chi connectivity index (χ1) is 9.04. The normalized spacial score (nSPS) is 11.7. The molecule has 0 aromatic heterocycles. The summed E-state index contributed by atoms with van der Waals surface area (Å²) in [5, 5.41) is 2.59. The van der Waals surface area contributed by atoms with Gasteiger partial charge in [0, 0.05) is 0 Å². The zero-order chi connectivity index (χ0) is 14.3. The second-order valence-electron chi connectivity index (χ2n) is 4.08. The number of anilines is 1. The van der Waals surface area contributed by atoms with E-state index >= 15 is 0 Å². The number of alkyl halides is 2. The number of halogens is 3. The van der Waals surface area contributed by atoms with Crippen LogP contribution in [-0.4, -0.2) is 25.0 Å². The summed E-state index contributed by atoms with van der Waals surface area (Å²) in [6.07, 6.45) is -1.21. The first-order valence-electron chi connectivity index (χ1n) is 6.11. The van der Waals surface area contributed by atoms with Gasteiger partial charge in [-0.15, -0.1) is 12.4 Å². The Labute approximate surface area is 123 Å². The van der Waals surface area contributed by atoms with E-state index in [1.54, 1.807) is 18.2 Å². The van der Waals surface area contributed by atoms with Crippen LogP contribution in [0.4, 0.5) is 14.5 Å². The van der Waals surface area contributed by atoms with Gasteiger partial charge in [0.1, 0.15) is 12.4 Å². The molecule has 0 heterocycles. The van der Waals surface area contributed by atoms with Gasteiger partial charge in [-0.3, -0.25) is 4.79 Å². The molecule has 0 spiro atoms. The number of benzene rings is 1. The molecule has 7 heteroatoms. The molecule has 1 aromatic rings. The van der Waals surface area contributed by atoms with Crippen molar-refractivity contribution in [2.45, 2.75) is 32.2 Å². The molecule has 0 radical (unpaired) electrons. The third-order valence-electron chi connectivity index (χ3n) is 2.45. The summed E-state index contributed by atoms with van der Waals surface area (Å²) >= 11 is 0. The number of carbonyl (C=O) groups excluding carboxylic acids is 1. The van der Waals surface area contributed by atoms with E-state index in [4.69, 9.17) is 10.5 Å². The zero-order valence-electron chi connectivity index (χ0n) is 11.1. The van der Waals surface area contributed by atoms with Crippen molar-refractivity contribution in [1.29, 1.82) is 0 Å². The lowest BCUT2D eigenvalue weighted by atomic mass is 10.1. The first-order valence-corrected chi connectivity index (χ1v) is 6.11. The Bertz CT molecular complexity index is 419. The number of rotatable bonds is 7. The van der Waals surface area contributed by atoms with Crippen LogP contribution in [0.2, 0.25) is 0 Å². The lowest BCUT2D eigenvalue weighted by Crippen LogP contribution is -2.35. The van der Waals surface area contributed by atoms with Crippen LogP contribution in [0.5, 0.6) is 5.75 Å². The number of nitrogens with two attached hydrogens (primary N) is 1. The van der Waals surface area contributed by atoms with Crippen LogP contribution in [0.3, 0.4) is 0 Å². The fraction of sp³-hybridized carbons (Fsp3) is 0.462. The van der Waals surface area contributed by atoms with Crippen LogP contribution in [0.15, 0.2) is 24.3 Å². The van der Waals surface area contributed by atoms with Crippen molar-refractivity contribution in [3.8, 4) is 5.75 Å². The summed E-state index contributed by atoms with van der Waals surface area (Å²) in [6.45, 7) is 1.21. The Morgan fingerprint density at radius 1 is 1.40 bits per heavy atom. The molecule has 3 N–H and O–H groups in total. The van der Waals surface area contributed by atoms with Gasteiger partial charge in [-0.2, -0.15) is 0 Å². The van der Waals surface area contributed by atoms with Gasteiger partial charge in [0.05, 0.1) is 11.7 Å². The number of para-hydroxylation sites is 2. The van der Waals surface area contributed by atoms with E-state index < -0.39 is 19.1 Å². The standard InChI is InChI=1S/C13H18F2N2O2.ClH/c1-2-5-9(16)13(18)17-10-6-3-4-7-11(10)19-8-12(14)15;/h3-4,6-7,9,12H,2,5,8,16H2,1H3,(H,17,18);1H. The van der Waals surface area contributed by atoms with Gasteiger partial charge >= 0.3 is 0 Å². The fourth-order valence-corrected chi connectivity index (χ4v) is 1.52. The highest BCUT2D eigenvalue weighted by molar-refractivity contribution is 5.95. The number of hydrogen-bond acceptors (Lipinski definition) is 3. The van der Waals surface area contributed by atoms with Gasteiger partial charge < -0.3 is 15.8 Å². The maximum atomic E-state index is 12.1. The van der Waals surface area contributed by atoms with Crippen LogP contribution in [0.1, 0.15) is 19.8 Å². The maximum Gasteiger partial charge on any atom is 0.272 e. The van der Waals surface area contributed by atoms with Crippen molar-refractivity contribution < 1.29 is 18.3 Å². The average Bonchev–Trinajstić information content (AvgIpc) is 2.37. The van der Waals surface area contributed by atoms with E-state index in [9.17, 15) is 13.6 Å². The largest absolute Gasteiger partial charge is 0.485 e. The summed E-state index contributed by atoms with van der Waals surface area (Å²) < 4.78 is 29.2. The highest BCUT2D eigenvalue weighted by Crippen LogP contribution is 2.24. The minimum atomic E-state index is -2.56. The van der Waals surface area contributed by atoms with Crippen LogP contribution in [-0.2, 0) is 4.79 Å². The number of nitrogens with one attached hydrogen (secondary N) is 1. The summed E-state index contributed by atoms with van der Waals surface area (Å²) in [5.74, 6) is -0.144. The topological polar surface area (TPSA) is 64.4 Å². The van der Waals surface area contributed by atoms with Gasteiger partial charge in [-0.1, -0.05) is 25.5 Å². The molecule has 0 bridgehead atoms. The molecule has 1 rings (SSSR count). The summed E-state index contributed by atoms with van der Waals surface area (Å²) in [4.78, 5) is 11.8. The highest BCUT2D eigenvalue weighted by atomic mass is 35.5. The predicted octanol–water partition coefficient (Wildman–Crippen LogP) is 2.82. The Kier molecular flexibility index (Phi) is 8.83. The molecular formula is C13H19ClF2N2O2. The number of ether oxygens (including phenoxy) is 1. The van der Waals surface area contributed by atoms with E-state index in [1.807, 2.05) is 6.92 Å². The Balaban J connectivity index is 0.00000361. The molecule has 1 amide bonds. The van der Waals surface area contributed by atoms with E-state index in [-0.39, 0.29) is 24.1 Å². The number of amides is 1. The van der Waals surface area contributed by atoms with Crippen LogP contribution in [0, 0.1) is 0 Å². The fourth-order valence-electron chi connectivity index (χ4n) is 1.52. The smallest absolute Gasteiger partial charge is 0.272 e.